The number of hydrazine groups is 1. The molecule has 0 radical (unpaired) electrons. The van der Waals surface area contributed by atoms with Gasteiger partial charge in [-0.3, -0.25) is 14.4 Å². The molecule has 1 aliphatic rings. The van der Waals surface area contributed by atoms with Crippen LogP contribution in [0.1, 0.15) is 26.2 Å². The van der Waals surface area contributed by atoms with Crippen molar-refractivity contribution in [3.8, 4) is 0 Å². The Morgan fingerprint density at radius 2 is 1.31 bits per heavy atom. The van der Waals surface area contributed by atoms with Crippen molar-refractivity contribution in [1.82, 2.24) is 0 Å². The van der Waals surface area contributed by atoms with E-state index < -0.39 is 23.1 Å². The number of carbonyl (C=O) groups is 3. The normalized spacial score (nSPS) is 16.2. The number of hydrogen-bond donors (Lipinski definition) is 1. The molecule has 0 aliphatic carbocycles. The monoisotopic (exact) mass is 351 g/mol. The molecule has 134 valence electrons. The largest absolute Gasteiger partial charge is 0.368 e. The van der Waals surface area contributed by atoms with Gasteiger partial charge in [0.25, 0.3) is 11.8 Å². The molecular weight excluding hydrogens is 330 g/mol. The Labute approximate surface area is 152 Å². The van der Waals surface area contributed by atoms with Gasteiger partial charge in [0.15, 0.2) is 0 Å². The van der Waals surface area contributed by atoms with Gasteiger partial charge in [-0.2, -0.15) is 0 Å². The van der Waals surface area contributed by atoms with Crippen molar-refractivity contribution in [2.75, 3.05) is 10.0 Å². The highest BCUT2D eigenvalue weighted by atomic mass is 16.2. The van der Waals surface area contributed by atoms with E-state index in [4.69, 9.17) is 5.73 Å². The van der Waals surface area contributed by atoms with Gasteiger partial charge in [0.05, 0.1) is 11.4 Å². The lowest BCUT2D eigenvalue weighted by Gasteiger charge is -2.27. The fourth-order valence-corrected chi connectivity index (χ4v) is 3.23. The van der Waals surface area contributed by atoms with Crippen LogP contribution in [0.4, 0.5) is 11.4 Å². The van der Waals surface area contributed by atoms with Crippen molar-refractivity contribution in [3.05, 3.63) is 60.7 Å². The zero-order valence-corrected chi connectivity index (χ0v) is 14.6. The van der Waals surface area contributed by atoms with E-state index in [1.54, 1.807) is 48.5 Å². The minimum atomic E-state index is -1.87. The molecule has 0 unspecified atom stereocenters. The molecule has 0 bridgehead atoms. The number of unbranched alkanes of at least 4 members (excludes halogenated alkanes) is 1. The lowest BCUT2D eigenvalue weighted by atomic mass is 9.81. The van der Waals surface area contributed by atoms with Gasteiger partial charge in [0.2, 0.25) is 11.3 Å². The average Bonchev–Trinajstić information content (AvgIpc) is 2.89. The second-order valence-corrected chi connectivity index (χ2v) is 6.28. The third-order valence-corrected chi connectivity index (χ3v) is 4.64. The molecule has 2 aromatic carbocycles. The molecule has 0 aromatic heterocycles. The van der Waals surface area contributed by atoms with E-state index in [2.05, 4.69) is 0 Å². The highest BCUT2D eigenvalue weighted by Gasteiger charge is 2.62. The van der Waals surface area contributed by atoms with Crippen LogP contribution in [-0.2, 0) is 14.4 Å². The van der Waals surface area contributed by atoms with E-state index >= 15 is 0 Å². The van der Waals surface area contributed by atoms with Gasteiger partial charge in [0, 0.05) is 0 Å². The Morgan fingerprint density at radius 3 is 1.65 bits per heavy atom. The maximum atomic E-state index is 13.3. The van der Waals surface area contributed by atoms with Gasteiger partial charge in [-0.25, -0.2) is 10.0 Å². The van der Waals surface area contributed by atoms with Crippen LogP contribution in [0.3, 0.4) is 0 Å². The molecule has 1 fully saturated rings. The topological polar surface area (TPSA) is 83.7 Å². The third kappa shape index (κ3) is 2.63. The maximum Gasteiger partial charge on any atom is 0.271 e. The van der Waals surface area contributed by atoms with Gasteiger partial charge in [-0.1, -0.05) is 56.2 Å². The van der Waals surface area contributed by atoms with Crippen LogP contribution in [0.15, 0.2) is 60.7 Å². The average molecular weight is 351 g/mol. The lowest BCUT2D eigenvalue weighted by Crippen LogP contribution is -2.48. The first-order valence-corrected chi connectivity index (χ1v) is 8.63. The van der Waals surface area contributed by atoms with E-state index in [1.165, 1.54) is 10.0 Å². The summed E-state index contributed by atoms with van der Waals surface area (Å²) in [6.45, 7) is 1.93. The predicted octanol–water partition coefficient (Wildman–Crippen LogP) is 2.64. The summed E-state index contributed by atoms with van der Waals surface area (Å²) in [4.78, 5) is 39.0. The molecule has 3 rings (SSSR count). The first kappa shape index (κ1) is 17.7. The van der Waals surface area contributed by atoms with E-state index in [0.717, 1.165) is 6.42 Å². The van der Waals surface area contributed by atoms with Crippen LogP contribution >= 0.6 is 0 Å². The van der Waals surface area contributed by atoms with E-state index in [-0.39, 0.29) is 6.42 Å². The summed E-state index contributed by atoms with van der Waals surface area (Å²) < 4.78 is 0. The summed E-state index contributed by atoms with van der Waals surface area (Å²) in [5.74, 6) is -2.10. The molecule has 2 N–H and O–H groups in total. The van der Waals surface area contributed by atoms with Crippen molar-refractivity contribution < 1.29 is 14.4 Å². The van der Waals surface area contributed by atoms with Gasteiger partial charge >= 0.3 is 0 Å². The van der Waals surface area contributed by atoms with Crippen molar-refractivity contribution in [1.29, 1.82) is 0 Å². The number of hydrogen-bond acceptors (Lipinski definition) is 3. The second-order valence-electron chi connectivity index (χ2n) is 6.28. The van der Waals surface area contributed by atoms with Crippen LogP contribution in [0.2, 0.25) is 0 Å². The highest BCUT2D eigenvalue weighted by Crippen LogP contribution is 2.41. The molecule has 1 heterocycles. The van der Waals surface area contributed by atoms with Crippen LogP contribution in [-0.4, -0.2) is 17.7 Å². The van der Waals surface area contributed by atoms with Gasteiger partial charge in [-0.05, 0) is 30.7 Å². The highest BCUT2D eigenvalue weighted by molar-refractivity contribution is 6.35. The van der Waals surface area contributed by atoms with E-state index in [9.17, 15) is 14.4 Å². The van der Waals surface area contributed by atoms with Crippen molar-refractivity contribution in [2.24, 2.45) is 11.1 Å². The summed E-state index contributed by atoms with van der Waals surface area (Å²) in [6.07, 6.45) is 1.39. The summed E-state index contributed by atoms with van der Waals surface area (Å²) >= 11 is 0. The molecule has 1 saturated heterocycles. The predicted molar refractivity (Wildman–Crippen MR) is 99.0 cm³/mol. The molecule has 26 heavy (non-hydrogen) atoms. The molecular formula is C20H21N3O3. The fourth-order valence-electron chi connectivity index (χ4n) is 3.23. The minimum absolute atomic E-state index is 0.100. The molecule has 1 aliphatic heterocycles. The first-order chi connectivity index (χ1) is 12.5. The Balaban J connectivity index is 2.18. The zero-order valence-electron chi connectivity index (χ0n) is 14.6. The smallest absolute Gasteiger partial charge is 0.271 e. The van der Waals surface area contributed by atoms with Gasteiger partial charge in [-0.15, -0.1) is 0 Å². The number of anilines is 2. The van der Waals surface area contributed by atoms with Crippen LogP contribution in [0.25, 0.3) is 0 Å². The zero-order chi connectivity index (χ0) is 18.7. The Morgan fingerprint density at radius 1 is 0.885 bits per heavy atom. The number of nitrogens with zero attached hydrogens (tertiary/aromatic N) is 2. The van der Waals surface area contributed by atoms with Crippen LogP contribution in [0.5, 0.6) is 0 Å². The molecule has 6 nitrogen and oxygen atoms in total. The first-order valence-electron chi connectivity index (χ1n) is 8.63. The number of amides is 3. The summed E-state index contributed by atoms with van der Waals surface area (Å²) in [5, 5.41) is 2.52. The van der Waals surface area contributed by atoms with Crippen molar-refractivity contribution in [2.45, 2.75) is 26.2 Å². The summed E-state index contributed by atoms with van der Waals surface area (Å²) in [7, 11) is 0. The van der Waals surface area contributed by atoms with Crippen LogP contribution in [0, 0.1) is 5.41 Å². The number of para-hydroxylation sites is 2. The van der Waals surface area contributed by atoms with Crippen LogP contribution < -0.4 is 15.8 Å². The van der Waals surface area contributed by atoms with Crippen molar-refractivity contribution in [3.63, 3.8) is 0 Å². The van der Waals surface area contributed by atoms with Gasteiger partial charge in [0.1, 0.15) is 0 Å². The van der Waals surface area contributed by atoms with E-state index in [0.29, 0.717) is 17.8 Å². The number of primary amides is 1. The van der Waals surface area contributed by atoms with E-state index in [1.807, 2.05) is 19.1 Å². The number of benzene rings is 2. The molecule has 3 amide bonds. The molecule has 2 aromatic rings. The molecule has 0 saturated carbocycles. The quantitative estimate of drug-likeness (QED) is 0.812. The summed E-state index contributed by atoms with van der Waals surface area (Å²) in [6, 6.07) is 17.6. The SMILES string of the molecule is CCCCC1(C(N)=O)C(=O)N(c2ccccc2)N(c2ccccc2)C1=O. The van der Waals surface area contributed by atoms with Crippen molar-refractivity contribution >= 4 is 29.1 Å². The van der Waals surface area contributed by atoms with Gasteiger partial charge < -0.3 is 5.73 Å². The Hall–Kier alpha value is -3.15. The Kier molecular flexibility index (Phi) is 4.75. The molecule has 0 atom stereocenters. The summed E-state index contributed by atoms with van der Waals surface area (Å²) in [5.41, 5.74) is 4.74. The number of rotatable bonds is 6. The maximum absolute atomic E-state index is 13.3. The minimum Gasteiger partial charge on any atom is -0.368 e. The Bertz CT molecular complexity index is 763. The third-order valence-electron chi connectivity index (χ3n) is 4.64. The molecule has 0 spiro atoms. The fraction of sp³-hybridized carbons (Fsp3) is 0.250. The number of nitrogens with two attached hydrogens (primary N) is 1. The standard InChI is InChI=1S/C20H21N3O3/c1-2-3-14-20(17(21)24)18(25)22(15-10-6-4-7-11-15)23(19(20)26)16-12-8-5-9-13-16/h4-13H,2-3,14H2,1H3,(H2,21,24). The lowest BCUT2D eigenvalue weighted by molar-refractivity contribution is -0.144. The second kappa shape index (κ2) is 7.00. The molecule has 6 heteroatoms. The number of carbonyl (C=O) groups excluding carboxylic acids is 3.